The maximum absolute atomic E-state index is 12.3. The molecule has 19 heavy (non-hydrogen) atoms. The Morgan fingerprint density at radius 1 is 0.895 bits per heavy atom. The van der Waals surface area contributed by atoms with Crippen molar-refractivity contribution in [3.8, 4) is 0 Å². The van der Waals surface area contributed by atoms with Crippen LogP contribution in [0.5, 0.6) is 0 Å². The highest BCUT2D eigenvalue weighted by Gasteiger charge is 2.19. The van der Waals surface area contributed by atoms with Crippen LogP contribution in [0.1, 0.15) is 13.8 Å². The van der Waals surface area contributed by atoms with Crippen LogP contribution in [-0.4, -0.2) is 12.2 Å². The zero-order chi connectivity index (χ0) is 13.7. The van der Waals surface area contributed by atoms with Crippen molar-refractivity contribution in [1.82, 2.24) is 0 Å². The molecule has 0 heterocycles. The van der Waals surface area contributed by atoms with Gasteiger partial charge in [-0.15, -0.1) is 0 Å². The molecule has 0 bridgehead atoms. The quantitative estimate of drug-likeness (QED) is 0.815. The third kappa shape index (κ3) is 3.35. The second-order valence-corrected chi connectivity index (χ2v) is 4.44. The van der Waals surface area contributed by atoms with Gasteiger partial charge in [0, 0.05) is 0 Å². The lowest BCUT2D eigenvalue weighted by Crippen LogP contribution is -2.28. The van der Waals surface area contributed by atoms with E-state index in [0.29, 0.717) is 0 Å². The molecule has 98 valence electrons. The minimum atomic E-state index is -0.368. The van der Waals surface area contributed by atoms with E-state index in [1.165, 1.54) is 0 Å². The Morgan fingerprint density at radius 3 is 1.68 bits per heavy atom. The molecule has 0 aromatic heterocycles. The molecule has 0 radical (unpaired) electrons. The summed E-state index contributed by atoms with van der Waals surface area (Å²) in [6, 6.07) is 19.0. The lowest BCUT2D eigenvalue weighted by Gasteiger charge is -2.23. The summed E-state index contributed by atoms with van der Waals surface area (Å²) >= 11 is 0. The molecule has 0 spiro atoms. The number of para-hydroxylation sites is 2. The second kappa shape index (κ2) is 6.05. The van der Waals surface area contributed by atoms with Gasteiger partial charge in [0.05, 0.1) is 17.5 Å². The van der Waals surface area contributed by atoms with E-state index in [1.54, 1.807) is 4.90 Å². The third-order valence-corrected chi connectivity index (χ3v) is 2.55. The van der Waals surface area contributed by atoms with Gasteiger partial charge in [0.25, 0.3) is 0 Å². The second-order valence-electron chi connectivity index (χ2n) is 4.44. The van der Waals surface area contributed by atoms with Crippen LogP contribution in [-0.2, 0) is 4.74 Å². The van der Waals surface area contributed by atoms with Crippen LogP contribution in [0.15, 0.2) is 60.7 Å². The highest BCUT2D eigenvalue weighted by molar-refractivity contribution is 5.95. The van der Waals surface area contributed by atoms with Gasteiger partial charge in [0.2, 0.25) is 0 Å². The van der Waals surface area contributed by atoms with Crippen molar-refractivity contribution in [3.05, 3.63) is 60.7 Å². The van der Waals surface area contributed by atoms with Crippen molar-refractivity contribution in [2.75, 3.05) is 4.90 Å². The van der Waals surface area contributed by atoms with E-state index in [-0.39, 0.29) is 12.2 Å². The molecule has 2 rings (SSSR count). The van der Waals surface area contributed by atoms with Crippen LogP contribution in [0.3, 0.4) is 0 Å². The zero-order valence-electron chi connectivity index (χ0n) is 11.1. The number of benzene rings is 2. The smallest absolute Gasteiger partial charge is 0.419 e. The van der Waals surface area contributed by atoms with Crippen LogP contribution in [0.4, 0.5) is 16.2 Å². The Morgan fingerprint density at radius 2 is 1.32 bits per heavy atom. The molecular formula is C16H17NO2. The van der Waals surface area contributed by atoms with Crippen LogP contribution in [0.25, 0.3) is 0 Å². The highest BCUT2D eigenvalue weighted by atomic mass is 16.6. The van der Waals surface area contributed by atoms with Gasteiger partial charge in [0.15, 0.2) is 0 Å². The summed E-state index contributed by atoms with van der Waals surface area (Å²) in [6.07, 6.45) is -0.519. The Labute approximate surface area is 113 Å². The Kier molecular flexibility index (Phi) is 4.18. The molecule has 2 aromatic rings. The van der Waals surface area contributed by atoms with Gasteiger partial charge < -0.3 is 4.74 Å². The number of hydrogen-bond acceptors (Lipinski definition) is 2. The molecule has 3 nitrogen and oxygen atoms in total. The SMILES string of the molecule is CC(C)OC(=O)N(c1ccccc1)c1ccccc1. The van der Waals surface area contributed by atoms with E-state index in [0.717, 1.165) is 11.4 Å². The first-order valence-electron chi connectivity index (χ1n) is 6.29. The molecule has 0 aliphatic heterocycles. The molecule has 0 aliphatic carbocycles. The predicted octanol–water partition coefficient (Wildman–Crippen LogP) is 4.37. The Bertz CT molecular complexity index is 483. The number of rotatable bonds is 3. The van der Waals surface area contributed by atoms with E-state index in [9.17, 15) is 4.79 Å². The fourth-order valence-corrected chi connectivity index (χ4v) is 1.77. The van der Waals surface area contributed by atoms with Gasteiger partial charge in [-0.2, -0.15) is 0 Å². The summed E-state index contributed by atoms with van der Waals surface area (Å²) in [5, 5.41) is 0. The first-order chi connectivity index (χ1) is 9.18. The number of hydrogen-bond donors (Lipinski definition) is 0. The molecule has 0 saturated heterocycles. The average molecular weight is 255 g/mol. The van der Waals surface area contributed by atoms with Crippen molar-refractivity contribution in [2.24, 2.45) is 0 Å². The molecule has 0 atom stereocenters. The van der Waals surface area contributed by atoms with E-state index in [2.05, 4.69) is 0 Å². The standard InChI is InChI=1S/C16H17NO2/c1-13(2)19-16(18)17(14-9-5-3-6-10-14)15-11-7-4-8-12-15/h3-13H,1-2H3. The van der Waals surface area contributed by atoms with Crippen molar-refractivity contribution >= 4 is 17.5 Å². The first kappa shape index (κ1) is 13.1. The van der Waals surface area contributed by atoms with Crippen molar-refractivity contribution in [3.63, 3.8) is 0 Å². The number of carbonyl (C=O) groups is 1. The summed E-state index contributed by atoms with van der Waals surface area (Å²) in [5.74, 6) is 0. The van der Waals surface area contributed by atoms with E-state index in [4.69, 9.17) is 4.74 Å². The number of amides is 1. The van der Waals surface area contributed by atoms with Gasteiger partial charge in [-0.25, -0.2) is 9.69 Å². The largest absolute Gasteiger partial charge is 0.446 e. The number of nitrogens with zero attached hydrogens (tertiary/aromatic N) is 1. The van der Waals surface area contributed by atoms with Gasteiger partial charge in [0.1, 0.15) is 0 Å². The van der Waals surface area contributed by atoms with E-state index >= 15 is 0 Å². The van der Waals surface area contributed by atoms with E-state index < -0.39 is 0 Å². The van der Waals surface area contributed by atoms with Crippen molar-refractivity contribution in [1.29, 1.82) is 0 Å². The Hall–Kier alpha value is -2.29. The molecule has 0 unspecified atom stereocenters. The maximum Gasteiger partial charge on any atom is 0.419 e. The summed E-state index contributed by atoms with van der Waals surface area (Å²) < 4.78 is 5.31. The lowest BCUT2D eigenvalue weighted by atomic mass is 10.2. The van der Waals surface area contributed by atoms with Crippen LogP contribution < -0.4 is 4.90 Å². The van der Waals surface area contributed by atoms with Gasteiger partial charge in [-0.05, 0) is 38.1 Å². The molecular weight excluding hydrogens is 238 g/mol. The number of ether oxygens (including phenoxy) is 1. The Balaban J connectivity index is 2.37. The van der Waals surface area contributed by atoms with Crippen LogP contribution in [0, 0.1) is 0 Å². The van der Waals surface area contributed by atoms with Crippen LogP contribution >= 0.6 is 0 Å². The van der Waals surface area contributed by atoms with Crippen LogP contribution in [0.2, 0.25) is 0 Å². The molecule has 1 amide bonds. The topological polar surface area (TPSA) is 29.5 Å². The zero-order valence-corrected chi connectivity index (χ0v) is 11.1. The molecule has 3 heteroatoms. The predicted molar refractivity (Wildman–Crippen MR) is 76.6 cm³/mol. The van der Waals surface area contributed by atoms with E-state index in [1.807, 2.05) is 74.5 Å². The van der Waals surface area contributed by atoms with Gasteiger partial charge in [-0.3, -0.25) is 0 Å². The normalized spacial score (nSPS) is 10.3. The molecule has 0 aliphatic rings. The minimum Gasteiger partial charge on any atom is -0.446 e. The van der Waals surface area contributed by atoms with Gasteiger partial charge >= 0.3 is 6.09 Å². The highest BCUT2D eigenvalue weighted by Crippen LogP contribution is 2.25. The average Bonchev–Trinajstić information content (AvgIpc) is 2.40. The fraction of sp³-hybridized carbons (Fsp3) is 0.188. The summed E-state index contributed by atoms with van der Waals surface area (Å²) in [4.78, 5) is 13.8. The monoisotopic (exact) mass is 255 g/mol. The maximum atomic E-state index is 12.3. The molecule has 0 fully saturated rings. The van der Waals surface area contributed by atoms with Gasteiger partial charge in [-0.1, -0.05) is 36.4 Å². The van der Waals surface area contributed by atoms with Crippen molar-refractivity contribution < 1.29 is 9.53 Å². The molecule has 0 N–H and O–H groups in total. The molecule has 2 aromatic carbocycles. The molecule has 0 saturated carbocycles. The summed E-state index contributed by atoms with van der Waals surface area (Å²) in [6.45, 7) is 3.68. The lowest BCUT2D eigenvalue weighted by molar-refractivity contribution is 0.125. The number of anilines is 2. The third-order valence-electron chi connectivity index (χ3n) is 2.55. The minimum absolute atomic E-state index is 0.151. The summed E-state index contributed by atoms with van der Waals surface area (Å²) in [5.41, 5.74) is 1.58. The van der Waals surface area contributed by atoms with Crippen molar-refractivity contribution in [2.45, 2.75) is 20.0 Å². The first-order valence-corrected chi connectivity index (χ1v) is 6.29. The number of carbonyl (C=O) groups excluding carboxylic acids is 1. The summed E-state index contributed by atoms with van der Waals surface area (Å²) in [7, 11) is 0. The fourth-order valence-electron chi connectivity index (χ4n) is 1.77.